The van der Waals surface area contributed by atoms with Crippen molar-refractivity contribution in [3.05, 3.63) is 16.7 Å². The maximum atomic E-state index is 6.11. The minimum absolute atomic E-state index is 0.116. The van der Waals surface area contributed by atoms with Crippen molar-refractivity contribution in [3.63, 3.8) is 0 Å². The van der Waals surface area contributed by atoms with E-state index in [1.165, 1.54) is 14.7 Å². The third kappa shape index (κ3) is 7.22. The van der Waals surface area contributed by atoms with E-state index < -0.39 is 0 Å². The molecule has 6 aromatic heterocycles. The fraction of sp³-hybridized carbons (Fsp3) is 0.111. The minimum atomic E-state index is -0.303. The van der Waals surface area contributed by atoms with Crippen molar-refractivity contribution < 1.29 is 0 Å². The summed E-state index contributed by atoms with van der Waals surface area (Å²) in [5.74, 6) is -5.13. The summed E-state index contributed by atoms with van der Waals surface area (Å²) in [6.45, 7) is 4.96. The van der Waals surface area contributed by atoms with Crippen molar-refractivity contribution in [3.8, 4) is 0 Å². The van der Waals surface area contributed by atoms with E-state index >= 15 is 0 Å². The topological polar surface area (TPSA) is 554 Å². The maximum Gasteiger partial charge on any atom is 0.243 e. The van der Waals surface area contributed by atoms with Gasteiger partial charge in [0.25, 0.3) is 0 Å². The summed E-state index contributed by atoms with van der Waals surface area (Å²) in [4.78, 5) is 79.6. The van der Waals surface area contributed by atoms with Gasteiger partial charge < -0.3 is 68.8 Å². The third-order valence-electron chi connectivity index (χ3n) is 7.95. The molecule has 33 heteroatoms. The molecule has 0 spiro atoms. The Labute approximate surface area is 334 Å². The van der Waals surface area contributed by atoms with Crippen LogP contribution in [0.15, 0.2) is 0 Å². The first-order valence-electron chi connectivity index (χ1n) is 16.5. The zero-order valence-corrected chi connectivity index (χ0v) is 31.3. The molecule has 33 nitrogen and oxygen atoms in total. The van der Waals surface area contributed by atoms with Gasteiger partial charge in [0, 0.05) is 0 Å². The monoisotopic (exact) mass is 819 g/mol. The quantitative estimate of drug-likeness (QED) is 0.0695. The van der Waals surface area contributed by atoms with E-state index in [0.717, 1.165) is 0 Å². The fourth-order valence-electron chi connectivity index (χ4n) is 6.04. The summed E-state index contributed by atoms with van der Waals surface area (Å²) < 4.78 is 0. The molecular weight excluding hydrogens is 787 g/mol. The van der Waals surface area contributed by atoms with E-state index in [4.69, 9.17) is 68.8 Å². The largest absolute Gasteiger partial charge is 0.368 e. The summed E-state index contributed by atoms with van der Waals surface area (Å²) in [5, 5.41) is 0. The van der Waals surface area contributed by atoms with E-state index in [-0.39, 0.29) is 141 Å². The molecular formula is C27H33N33. The third-order valence-corrected chi connectivity index (χ3v) is 7.95. The van der Waals surface area contributed by atoms with Crippen LogP contribution in [0.1, 0.15) is 16.7 Å². The number of benzene rings is 1. The van der Waals surface area contributed by atoms with E-state index in [1.807, 2.05) is 0 Å². The second kappa shape index (κ2) is 14.4. The lowest BCUT2D eigenvalue weighted by Crippen LogP contribution is -2.27. The van der Waals surface area contributed by atoms with Crippen LogP contribution in [0.25, 0.3) is 0 Å². The average molecular weight is 820 g/mol. The van der Waals surface area contributed by atoms with E-state index in [1.54, 1.807) is 20.8 Å². The second-order valence-corrected chi connectivity index (χ2v) is 12.0. The van der Waals surface area contributed by atoms with Crippen molar-refractivity contribution in [2.45, 2.75) is 20.8 Å². The summed E-state index contributed by atoms with van der Waals surface area (Å²) in [5.41, 5.74) is 74.6. The molecule has 24 N–H and O–H groups in total. The van der Waals surface area contributed by atoms with Gasteiger partial charge in [-0.3, -0.25) is 0 Å². The van der Waals surface area contributed by atoms with Crippen LogP contribution in [0.2, 0.25) is 0 Å². The predicted molar refractivity (Wildman–Crippen MR) is 218 cm³/mol. The molecule has 0 unspecified atom stereocenters. The lowest BCUT2D eigenvalue weighted by Gasteiger charge is -2.34. The Kier molecular flexibility index (Phi) is 9.26. The Morgan fingerprint density at radius 2 is 0.333 bits per heavy atom. The SMILES string of the molecule is Cc1c(N(c2nc(N)nc(N)n2)c2nc(N)nc(N)n2)c(C)c(N(c2nc(N)nc(N)n2)c2nc(N)nc(N)n2)c(C)c1N(c1nc(N)nc(N)n1)c1nc(N)nc(N)n1. The molecule has 0 saturated carbocycles. The van der Waals surface area contributed by atoms with Crippen molar-refractivity contribution >= 4 is 124 Å². The zero-order chi connectivity index (χ0) is 43.3. The van der Waals surface area contributed by atoms with Crippen molar-refractivity contribution in [2.24, 2.45) is 0 Å². The van der Waals surface area contributed by atoms with Crippen molar-refractivity contribution in [2.75, 3.05) is 83.5 Å². The number of anilines is 21. The van der Waals surface area contributed by atoms with Gasteiger partial charge in [-0.25, -0.2) is 14.7 Å². The van der Waals surface area contributed by atoms with Gasteiger partial charge in [-0.15, -0.1) is 0 Å². The second-order valence-electron chi connectivity index (χ2n) is 12.0. The molecule has 0 radical (unpaired) electrons. The highest BCUT2D eigenvalue weighted by atomic mass is 15.4. The molecule has 306 valence electrons. The number of hydrogen-bond acceptors (Lipinski definition) is 33. The molecule has 0 atom stereocenters. The van der Waals surface area contributed by atoms with E-state index in [0.29, 0.717) is 0 Å². The average Bonchev–Trinajstić information content (AvgIpc) is 3.11. The lowest BCUT2D eigenvalue weighted by molar-refractivity contribution is 0.941. The van der Waals surface area contributed by atoms with Gasteiger partial charge in [-0.2, -0.15) is 89.7 Å². The zero-order valence-electron chi connectivity index (χ0n) is 31.3. The maximum absolute atomic E-state index is 6.11. The first-order chi connectivity index (χ1) is 28.4. The normalized spacial score (nSPS) is 11.1. The van der Waals surface area contributed by atoms with Crippen molar-refractivity contribution in [1.29, 1.82) is 0 Å². The molecule has 1 aromatic carbocycles. The number of aromatic nitrogens is 18. The van der Waals surface area contributed by atoms with Gasteiger partial charge in [-0.1, -0.05) is 0 Å². The van der Waals surface area contributed by atoms with Gasteiger partial charge in [0.15, 0.2) is 0 Å². The predicted octanol–water partition coefficient (Wildman–Crippen LogP) is -2.88. The summed E-state index contributed by atoms with van der Waals surface area (Å²) in [6.07, 6.45) is 0. The molecule has 0 aliphatic rings. The highest BCUT2D eigenvalue weighted by molar-refractivity contribution is 5.94. The first kappa shape index (κ1) is 38.6. The summed E-state index contributed by atoms with van der Waals surface area (Å²) >= 11 is 0. The Morgan fingerprint density at radius 1 is 0.217 bits per heavy atom. The Balaban J connectivity index is 1.74. The highest BCUT2D eigenvalue weighted by Crippen LogP contribution is 2.51. The van der Waals surface area contributed by atoms with Crippen LogP contribution in [0.4, 0.5) is 124 Å². The van der Waals surface area contributed by atoms with E-state index in [2.05, 4.69) is 89.7 Å². The van der Waals surface area contributed by atoms with Gasteiger partial charge >= 0.3 is 0 Å². The molecule has 7 aromatic rings. The number of nitrogen functional groups attached to an aromatic ring is 12. The van der Waals surface area contributed by atoms with Crippen molar-refractivity contribution in [1.82, 2.24) is 89.7 Å². The number of nitrogens with two attached hydrogens (primary N) is 12. The first-order valence-corrected chi connectivity index (χ1v) is 16.5. The molecule has 0 aliphatic carbocycles. The van der Waals surface area contributed by atoms with Crippen LogP contribution in [0.3, 0.4) is 0 Å². The molecule has 60 heavy (non-hydrogen) atoms. The summed E-state index contributed by atoms with van der Waals surface area (Å²) in [7, 11) is 0. The highest BCUT2D eigenvalue weighted by Gasteiger charge is 2.36. The van der Waals surface area contributed by atoms with Crippen LogP contribution in [0.5, 0.6) is 0 Å². The van der Waals surface area contributed by atoms with Crippen LogP contribution in [-0.4, -0.2) is 89.7 Å². The van der Waals surface area contributed by atoms with Gasteiger partial charge in [0.05, 0.1) is 17.1 Å². The van der Waals surface area contributed by atoms with Crippen LogP contribution >= 0.6 is 0 Å². The smallest absolute Gasteiger partial charge is 0.243 e. The standard InChI is InChI=1S/C27H33N33/c1-4-7(58(22-46-10(28)40-11(29)47-22)23-48-12(30)41-13(31)49-23)5(2)9(60(26-54-18(36)44-19(37)55-26)27-56-20(38)45-21(39)57-27)6(3)8(4)59(24-50-14(32)42-15(33)51-24)25-52-16(34)43-17(35)53-25/h1-3H3,(H4,28,29,40,46,47)(H4,30,31,41,48,49)(H4,32,33,42,50,51)(H4,34,35,43,52,53)(H4,36,37,44,54,55)(H4,38,39,45,56,57). The molecule has 6 heterocycles. The minimum Gasteiger partial charge on any atom is -0.368 e. The van der Waals surface area contributed by atoms with Crippen LogP contribution < -0.4 is 83.5 Å². The Morgan fingerprint density at radius 3 is 0.450 bits per heavy atom. The van der Waals surface area contributed by atoms with Crippen LogP contribution in [-0.2, 0) is 0 Å². The van der Waals surface area contributed by atoms with Gasteiger partial charge in [-0.05, 0) is 37.5 Å². The fourth-order valence-corrected chi connectivity index (χ4v) is 6.04. The molecule has 0 aliphatic heterocycles. The lowest BCUT2D eigenvalue weighted by atomic mass is 9.96. The number of rotatable bonds is 9. The summed E-state index contributed by atoms with van der Waals surface area (Å²) in [6, 6.07) is 0. The van der Waals surface area contributed by atoms with Gasteiger partial charge in [0.1, 0.15) is 0 Å². The Hall–Kier alpha value is -9.72. The molecule has 0 amide bonds. The number of nitrogens with zero attached hydrogens (tertiary/aromatic N) is 21. The Bertz CT molecular complexity index is 2230. The molecule has 0 saturated heterocycles. The van der Waals surface area contributed by atoms with Gasteiger partial charge in [0.2, 0.25) is 107 Å². The van der Waals surface area contributed by atoms with E-state index in [9.17, 15) is 0 Å². The molecule has 7 rings (SSSR count). The number of hydrogen-bond donors (Lipinski definition) is 12. The molecule has 0 bridgehead atoms. The van der Waals surface area contributed by atoms with Crippen LogP contribution in [0, 0.1) is 20.8 Å². The molecule has 0 fully saturated rings.